The SMILES string of the molecule is N#Cc1cc(NC(=O)c2cccc(CCl)c2)ccc1F. The first-order valence-corrected chi connectivity index (χ1v) is 6.33. The normalized spacial score (nSPS) is 9.85. The lowest BCUT2D eigenvalue weighted by molar-refractivity contribution is 0.102. The monoisotopic (exact) mass is 288 g/mol. The Labute approximate surface area is 120 Å². The molecule has 1 N–H and O–H groups in total. The molecule has 2 aromatic rings. The van der Waals surface area contributed by atoms with E-state index in [9.17, 15) is 9.18 Å². The highest BCUT2D eigenvalue weighted by Crippen LogP contribution is 2.16. The number of alkyl halides is 1. The van der Waals surface area contributed by atoms with Crippen LogP contribution >= 0.6 is 11.6 Å². The summed E-state index contributed by atoms with van der Waals surface area (Å²) >= 11 is 5.71. The van der Waals surface area contributed by atoms with Gasteiger partial charge in [-0.05, 0) is 35.9 Å². The van der Waals surface area contributed by atoms with Crippen molar-refractivity contribution in [2.24, 2.45) is 0 Å². The highest BCUT2D eigenvalue weighted by atomic mass is 35.5. The average Bonchev–Trinajstić information content (AvgIpc) is 2.49. The van der Waals surface area contributed by atoms with Crippen LogP contribution in [0.4, 0.5) is 10.1 Å². The van der Waals surface area contributed by atoms with Crippen LogP contribution in [-0.4, -0.2) is 5.91 Å². The molecule has 0 aliphatic rings. The fraction of sp³-hybridized carbons (Fsp3) is 0.0667. The first-order valence-electron chi connectivity index (χ1n) is 5.80. The van der Waals surface area contributed by atoms with E-state index in [1.165, 1.54) is 12.1 Å². The second kappa shape index (κ2) is 6.18. The molecule has 0 heterocycles. The molecule has 0 spiro atoms. The summed E-state index contributed by atoms with van der Waals surface area (Å²) in [4.78, 5) is 12.0. The van der Waals surface area contributed by atoms with Gasteiger partial charge in [0.05, 0.1) is 5.56 Å². The van der Waals surface area contributed by atoms with Crippen LogP contribution in [-0.2, 0) is 5.88 Å². The third-order valence-corrected chi connectivity index (χ3v) is 3.00. The molecule has 0 aliphatic heterocycles. The number of halogens is 2. The molecule has 0 bridgehead atoms. The molecule has 0 saturated carbocycles. The molecule has 5 heteroatoms. The molecule has 2 rings (SSSR count). The number of benzene rings is 2. The van der Waals surface area contributed by atoms with E-state index < -0.39 is 5.82 Å². The van der Waals surface area contributed by atoms with Crippen molar-refractivity contribution in [1.82, 2.24) is 0 Å². The lowest BCUT2D eigenvalue weighted by atomic mass is 10.1. The number of nitrogens with zero attached hydrogens (tertiary/aromatic N) is 1. The summed E-state index contributed by atoms with van der Waals surface area (Å²) in [5.41, 5.74) is 1.53. The fourth-order valence-corrected chi connectivity index (χ4v) is 1.85. The third kappa shape index (κ3) is 3.14. The van der Waals surface area contributed by atoms with Gasteiger partial charge in [0.15, 0.2) is 0 Å². The Morgan fingerprint density at radius 1 is 1.30 bits per heavy atom. The Kier molecular flexibility index (Phi) is 4.34. The van der Waals surface area contributed by atoms with E-state index in [2.05, 4.69) is 5.32 Å². The largest absolute Gasteiger partial charge is 0.322 e. The zero-order valence-electron chi connectivity index (χ0n) is 10.4. The number of anilines is 1. The Balaban J connectivity index is 2.21. The number of hydrogen-bond donors (Lipinski definition) is 1. The molecule has 0 unspecified atom stereocenters. The summed E-state index contributed by atoms with van der Waals surface area (Å²) < 4.78 is 13.2. The highest BCUT2D eigenvalue weighted by molar-refractivity contribution is 6.17. The number of hydrogen-bond acceptors (Lipinski definition) is 2. The molecule has 0 saturated heterocycles. The van der Waals surface area contributed by atoms with Crippen LogP contribution in [0.25, 0.3) is 0 Å². The van der Waals surface area contributed by atoms with Gasteiger partial charge in [0.25, 0.3) is 5.91 Å². The van der Waals surface area contributed by atoms with Crippen LogP contribution in [0.5, 0.6) is 0 Å². The van der Waals surface area contributed by atoms with Crippen molar-refractivity contribution in [2.75, 3.05) is 5.32 Å². The number of nitriles is 1. The van der Waals surface area contributed by atoms with E-state index in [-0.39, 0.29) is 11.5 Å². The van der Waals surface area contributed by atoms with Crippen molar-refractivity contribution in [3.8, 4) is 6.07 Å². The molecule has 0 aliphatic carbocycles. The van der Waals surface area contributed by atoms with E-state index in [1.807, 2.05) is 6.07 Å². The standard InChI is InChI=1S/C15H10ClFN2O/c16-8-10-2-1-3-11(6-10)15(20)19-13-4-5-14(17)12(7-13)9-18/h1-7H,8H2,(H,19,20). The smallest absolute Gasteiger partial charge is 0.255 e. The minimum absolute atomic E-state index is 0.114. The van der Waals surface area contributed by atoms with Crippen LogP contribution in [0.1, 0.15) is 21.5 Å². The first kappa shape index (κ1) is 14.0. The summed E-state index contributed by atoms with van der Waals surface area (Å²) in [6.45, 7) is 0. The molecule has 0 radical (unpaired) electrons. The second-order valence-corrected chi connectivity index (χ2v) is 4.36. The van der Waals surface area contributed by atoms with Crippen molar-refractivity contribution in [3.05, 3.63) is 65.0 Å². The van der Waals surface area contributed by atoms with Crippen molar-refractivity contribution in [3.63, 3.8) is 0 Å². The van der Waals surface area contributed by atoms with Gasteiger partial charge in [-0.15, -0.1) is 11.6 Å². The van der Waals surface area contributed by atoms with Gasteiger partial charge in [0.2, 0.25) is 0 Å². The van der Waals surface area contributed by atoms with Gasteiger partial charge in [-0.2, -0.15) is 5.26 Å². The lowest BCUT2D eigenvalue weighted by Crippen LogP contribution is -2.12. The minimum atomic E-state index is -0.616. The first-order chi connectivity index (χ1) is 9.63. The summed E-state index contributed by atoms with van der Waals surface area (Å²) in [7, 11) is 0. The van der Waals surface area contributed by atoms with E-state index in [4.69, 9.17) is 16.9 Å². The van der Waals surface area contributed by atoms with Crippen LogP contribution in [0.2, 0.25) is 0 Å². The molecule has 1 amide bonds. The van der Waals surface area contributed by atoms with Crippen LogP contribution in [0, 0.1) is 17.1 Å². The predicted molar refractivity (Wildman–Crippen MR) is 75.1 cm³/mol. The number of nitrogens with one attached hydrogen (secondary N) is 1. The maximum absolute atomic E-state index is 13.2. The zero-order valence-corrected chi connectivity index (χ0v) is 11.1. The van der Waals surface area contributed by atoms with Crippen molar-refractivity contribution in [2.45, 2.75) is 5.88 Å². The molecule has 0 atom stereocenters. The van der Waals surface area contributed by atoms with Gasteiger partial charge in [0, 0.05) is 17.1 Å². The van der Waals surface area contributed by atoms with Crippen molar-refractivity contribution < 1.29 is 9.18 Å². The summed E-state index contributed by atoms with van der Waals surface area (Å²) in [5.74, 6) is -0.641. The van der Waals surface area contributed by atoms with Gasteiger partial charge in [-0.25, -0.2) is 4.39 Å². The zero-order chi connectivity index (χ0) is 14.5. The van der Waals surface area contributed by atoms with Crippen LogP contribution in [0.3, 0.4) is 0 Å². The Morgan fingerprint density at radius 2 is 2.10 bits per heavy atom. The number of carbonyl (C=O) groups is 1. The maximum Gasteiger partial charge on any atom is 0.255 e. The van der Waals surface area contributed by atoms with E-state index in [0.29, 0.717) is 17.1 Å². The Morgan fingerprint density at radius 3 is 2.80 bits per heavy atom. The molecule has 100 valence electrons. The summed E-state index contributed by atoms with van der Waals surface area (Å²) in [6.07, 6.45) is 0. The topological polar surface area (TPSA) is 52.9 Å². The third-order valence-electron chi connectivity index (χ3n) is 2.69. The molecular weight excluding hydrogens is 279 g/mol. The Bertz CT molecular complexity index is 695. The maximum atomic E-state index is 13.2. The molecule has 20 heavy (non-hydrogen) atoms. The lowest BCUT2D eigenvalue weighted by Gasteiger charge is -2.07. The van der Waals surface area contributed by atoms with E-state index in [0.717, 1.165) is 11.6 Å². The molecule has 2 aromatic carbocycles. The molecule has 0 fully saturated rings. The predicted octanol–water partition coefficient (Wildman–Crippen LogP) is 3.69. The quantitative estimate of drug-likeness (QED) is 0.876. The van der Waals surface area contributed by atoms with E-state index >= 15 is 0 Å². The molecule has 0 aromatic heterocycles. The van der Waals surface area contributed by atoms with Gasteiger partial charge >= 0.3 is 0 Å². The van der Waals surface area contributed by atoms with Gasteiger partial charge < -0.3 is 5.32 Å². The Hall–Kier alpha value is -2.38. The summed E-state index contributed by atoms with van der Waals surface area (Å²) in [5, 5.41) is 11.4. The minimum Gasteiger partial charge on any atom is -0.322 e. The number of rotatable bonds is 3. The second-order valence-electron chi connectivity index (χ2n) is 4.09. The van der Waals surface area contributed by atoms with Gasteiger partial charge in [-0.1, -0.05) is 12.1 Å². The molecular formula is C15H10ClFN2O. The van der Waals surface area contributed by atoms with Crippen molar-refractivity contribution >= 4 is 23.2 Å². The fourth-order valence-electron chi connectivity index (χ4n) is 1.69. The van der Waals surface area contributed by atoms with E-state index in [1.54, 1.807) is 24.3 Å². The highest BCUT2D eigenvalue weighted by Gasteiger charge is 2.08. The summed E-state index contributed by atoms with van der Waals surface area (Å²) in [6, 6.07) is 12.4. The van der Waals surface area contributed by atoms with Crippen LogP contribution in [0.15, 0.2) is 42.5 Å². The average molecular weight is 289 g/mol. The van der Waals surface area contributed by atoms with Gasteiger partial charge in [-0.3, -0.25) is 4.79 Å². The molecule has 3 nitrogen and oxygen atoms in total. The number of amides is 1. The van der Waals surface area contributed by atoms with Gasteiger partial charge in [0.1, 0.15) is 11.9 Å². The van der Waals surface area contributed by atoms with Crippen LogP contribution < -0.4 is 5.32 Å². The number of carbonyl (C=O) groups excluding carboxylic acids is 1. The van der Waals surface area contributed by atoms with Crippen molar-refractivity contribution in [1.29, 1.82) is 5.26 Å².